The average Bonchev–Trinajstić information content (AvgIpc) is 3.41. The lowest BCUT2D eigenvalue weighted by molar-refractivity contribution is -0.137. The van der Waals surface area contributed by atoms with E-state index in [0.29, 0.717) is 44.9 Å². The Hall–Kier alpha value is -5.12. The summed E-state index contributed by atoms with van der Waals surface area (Å²) in [5.74, 6) is -3.88. The molecule has 1 fully saturated rings. The van der Waals surface area contributed by atoms with E-state index >= 15 is 0 Å². The van der Waals surface area contributed by atoms with E-state index in [2.05, 4.69) is 26.6 Å². The zero-order valence-corrected chi connectivity index (χ0v) is 27.4. The summed E-state index contributed by atoms with van der Waals surface area (Å²) in [6.45, 7) is -0.943. The van der Waals surface area contributed by atoms with Gasteiger partial charge in [0.25, 0.3) is 11.8 Å². The number of benzene rings is 1. The number of rotatable bonds is 20. The molecule has 3 rings (SSSR count). The highest BCUT2D eigenvalue weighted by Gasteiger charge is 2.26. The fourth-order valence-electron chi connectivity index (χ4n) is 5.30. The number of amides is 8. The van der Waals surface area contributed by atoms with Crippen molar-refractivity contribution in [1.82, 2.24) is 31.5 Å². The third-order valence-corrected chi connectivity index (χ3v) is 8.10. The minimum Gasteiger partial charge on any atom is -0.369 e. The maximum atomic E-state index is 13.0. The molecule has 266 valence electrons. The van der Waals surface area contributed by atoms with Crippen molar-refractivity contribution in [3.63, 3.8) is 0 Å². The zero-order valence-electron chi connectivity index (χ0n) is 27.4. The van der Waals surface area contributed by atoms with Crippen molar-refractivity contribution in [2.24, 2.45) is 11.7 Å². The predicted molar refractivity (Wildman–Crippen MR) is 174 cm³/mol. The summed E-state index contributed by atoms with van der Waals surface area (Å²) < 4.78 is 5.66. The van der Waals surface area contributed by atoms with E-state index in [1.165, 1.54) is 12.2 Å². The van der Waals surface area contributed by atoms with Gasteiger partial charge in [0.1, 0.15) is 12.8 Å². The zero-order chi connectivity index (χ0) is 35.6. The molecule has 1 saturated carbocycles. The molecular weight excluding hydrogens is 638 g/mol. The molecule has 8 amide bonds. The Morgan fingerprint density at radius 3 is 2.04 bits per heavy atom. The average molecular weight is 684 g/mol. The topological polar surface area (TPSA) is 235 Å². The van der Waals surface area contributed by atoms with Gasteiger partial charge < -0.3 is 37.1 Å². The molecule has 0 spiro atoms. The van der Waals surface area contributed by atoms with E-state index in [0.717, 1.165) is 10.5 Å². The highest BCUT2D eigenvalue weighted by molar-refractivity contribution is 6.12. The fraction of sp³-hybridized carbons (Fsp3) is 0.515. The van der Waals surface area contributed by atoms with Gasteiger partial charge in [0.05, 0.1) is 25.7 Å². The summed E-state index contributed by atoms with van der Waals surface area (Å²) in [7, 11) is 0. The monoisotopic (exact) mass is 683 g/mol. The van der Waals surface area contributed by atoms with Crippen LogP contribution in [0.15, 0.2) is 42.5 Å². The summed E-state index contributed by atoms with van der Waals surface area (Å²) in [5, 5.41) is 12.5. The Morgan fingerprint density at radius 1 is 0.755 bits per heavy atom. The van der Waals surface area contributed by atoms with Crippen molar-refractivity contribution in [1.29, 1.82) is 0 Å². The van der Waals surface area contributed by atoms with E-state index in [9.17, 15) is 38.4 Å². The number of nitrogens with zero attached hydrogens (tertiary/aromatic N) is 1. The molecule has 2 aliphatic rings. The largest absolute Gasteiger partial charge is 0.369 e. The highest BCUT2D eigenvalue weighted by Crippen LogP contribution is 2.25. The first kappa shape index (κ1) is 38.3. The maximum Gasteiger partial charge on any atom is 0.253 e. The van der Waals surface area contributed by atoms with Gasteiger partial charge in [-0.05, 0) is 44.1 Å². The van der Waals surface area contributed by atoms with Crippen LogP contribution >= 0.6 is 0 Å². The smallest absolute Gasteiger partial charge is 0.253 e. The molecule has 1 aliphatic heterocycles. The number of carbonyl (C=O) groups is 8. The first-order valence-corrected chi connectivity index (χ1v) is 16.4. The van der Waals surface area contributed by atoms with Crippen LogP contribution in [0.2, 0.25) is 0 Å². The molecule has 0 radical (unpaired) electrons. The first-order chi connectivity index (χ1) is 23.5. The van der Waals surface area contributed by atoms with Crippen molar-refractivity contribution in [3.8, 4) is 0 Å². The van der Waals surface area contributed by atoms with Crippen LogP contribution in [-0.4, -0.2) is 97.2 Å². The number of nitrogens with one attached hydrogen (secondary N) is 5. The van der Waals surface area contributed by atoms with Crippen LogP contribution in [-0.2, 0) is 49.5 Å². The summed E-state index contributed by atoms with van der Waals surface area (Å²) in [4.78, 5) is 97.8. The second-order valence-corrected chi connectivity index (χ2v) is 11.8. The Morgan fingerprint density at radius 2 is 1.37 bits per heavy atom. The number of nitrogens with two attached hydrogens (primary N) is 1. The minimum absolute atomic E-state index is 0.0613. The van der Waals surface area contributed by atoms with E-state index < -0.39 is 36.2 Å². The van der Waals surface area contributed by atoms with Crippen molar-refractivity contribution in [3.05, 3.63) is 48.0 Å². The van der Waals surface area contributed by atoms with Gasteiger partial charge in [-0.2, -0.15) is 0 Å². The number of primary amides is 1. The number of hydrogen-bond donors (Lipinski definition) is 6. The highest BCUT2D eigenvalue weighted by atomic mass is 16.5. The van der Waals surface area contributed by atoms with Crippen LogP contribution in [0.4, 0.5) is 0 Å². The van der Waals surface area contributed by atoms with Crippen LogP contribution < -0.4 is 32.3 Å². The van der Waals surface area contributed by atoms with Gasteiger partial charge in [-0.25, -0.2) is 0 Å². The number of hydrogen-bond acceptors (Lipinski definition) is 9. The SMILES string of the molecule is NC(=O)C1CCC(OCNC(=O)CNC(=O)C(Cc2ccccc2)NC(=O)CNC(=O)CNC(=O)CCCCCN2C(=O)C=CC2=O)CC1. The Bertz CT molecular complexity index is 1360. The molecule has 16 heteroatoms. The number of ether oxygens (including phenoxy) is 1. The van der Waals surface area contributed by atoms with Crippen molar-refractivity contribution >= 4 is 47.3 Å². The van der Waals surface area contributed by atoms with Gasteiger partial charge in [0, 0.05) is 37.5 Å². The van der Waals surface area contributed by atoms with Crippen LogP contribution in [0.5, 0.6) is 0 Å². The van der Waals surface area contributed by atoms with Crippen LogP contribution in [0.25, 0.3) is 0 Å². The van der Waals surface area contributed by atoms with Gasteiger partial charge in [0.15, 0.2) is 0 Å². The molecule has 0 bridgehead atoms. The molecule has 1 aliphatic carbocycles. The molecule has 1 aromatic rings. The molecule has 49 heavy (non-hydrogen) atoms. The molecule has 7 N–H and O–H groups in total. The third-order valence-electron chi connectivity index (χ3n) is 8.10. The lowest BCUT2D eigenvalue weighted by Gasteiger charge is -2.26. The maximum absolute atomic E-state index is 13.0. The van der Waals surface area contributed by atoms with Gasteiger partial charge in [-0.3, -0.25) is 43.3 Å². The molecule has 1 aromatic carbocycles. The third kappa shape index (κ3) is 14.3. The fourth-order valence-corrected chi connectivity index (χ4v) is 5.30. The molecule has 1 heterocycles. The van der Waals surface area contributed by atoms with E-state index in [1.807, 2.05) is 0 Å². The standard InChI is InChI=1S/C33H45N7O9/c34-32(47)23-10-12-24(13-11-23)49-21-38-28(43)19-37-33(48)25(17-22-7-3-1-4-8-22)39-29(44)20-36-27(42)18-35-26(41)9-5-2-6-16-40-30(45)14-15-31(40)46/h1,3-4,7-8,14-15,23-25H,2,5-6,9-13,16-21H2,(H2,34,47)(H,35,41)(H,36,42)(H,37,48)(H,38,43)(H,39,44). The Balaban J connectivity index is 1.33. The molecule has 0 saturated heterocycles. The van der Waals surface area contributed by atoms with Gasteiger partial charge in [-0.1, -0.05) is 36.8 Å². The van der Waals surface area contributed by atoms with Crippen molar-refractivity contribution in [2.75, 3.05) is 32.9 Å². The molecule has 1 atom stereocenters. The van der Waals surface area contributed by atoms with Crippen molar-refractivity contribution < 1.29 is 43.1 Å². The van der Waals surface area contributed by atoms with E-state index in [4.69, 9.17) is 10.5 Å². The number of carbonyl (C=O) groups excluding carboxylic acids is 8. The number of unbranched alkanes of at least 4 members (excludes halogenated alkanes) is 2. The Labute approximate surface area is 284 Å². The summed E-state index contributed by atoms with van der Waals surface area (Å²) >= 11 is 0. The van der Waals surface area contributed by atoms with Crippen LogP contribution in [0.1, 0.15) is 56.9 Å². The normalized spacial score (nSPS) is 17.6. The number of imide groups is 1. The molecule has 0 aromatic heterocycles. The minimum atomic E-state index is -1.05. The summed E-state index contributed by atoms with van der Waals surface area (Å²) in [6.07, 6.45) is 6.85. The van der Waals surface area contributed by atoms with E-state index in [-0.39, 0.29) is 74.9 Å². The lowest BCUT2D eigenvalue weighted by atomic mass is 9.87. The molecule has 1 unspecified atom stereocenters. The van der Waals surface area contributed by atoms with Crippen LogP contribution in [0.3, 0.4) is 0 Å². The summed E-state index contributed by atoms with van der Waals surface area (Å²) in [5.41, 5.74) is 6.10. The molecular formula is C33H45N7O9. The predicted octanol–water partition coefficient (Wildman–Crippen LogP) is -1.32. The van der Waals surface area contributed by atoms with Gasteiger partial charge in [0.2, 0.25) is 35.4 Å². The first-order valence-electron chi connectivity index (χ1n) is 16.4. The van der Waals surface area contributed by atoms with Crippen LogP contribution in [0, 0.1) is 5.92 Å². The second kappa shape index (κ2) is 20.3. The molecule has 16 nitrogen and oxygen atoms in total. The van der Waals surface area contributed by atoms with Gasteiger partial charge >= 0.3 is 0 Å². The quantitative estimate of drug-likeness (QED) is 0.0543. The summed E-state index contributed by atoms with van der Waals surface area (Å²) in [6, 6.07) is 7.89. The Kier molecular flexibility index (Phi) is 15.9. The second-order valence-electron chi connectivity index (χ2n) is 11.8. The van der Waals surface area contributed by atoms with E-state index in [1.54, 1.807) is 30.3 Å². The van der Waals surface area contributed by atoms with Gasteiger partial charge in [-0.15, -0.1) is 0 Å². The van der Waals surface area contributed by atoms with Crippen molar-refractivity contribution in [2.45, 2.75) is 69.9 Å². The lowest BCUT2D eigenvalue weighted by Crippen LogP contribution is -2.52.